The van der Waals surface area contributed by atoms with Gasteiger partial charge in [-0.3, -0.25) is 0 Å². The van der Waals surface area contributed by atoms with Gasteiger partial charge < -0.3 is 15.2 Å². The number of nitrogens with two attached hydrogens (primary N) is 1. The second-order valence-corrected chi connectivity index (χ2v) is 3.86. The minimum Gasteiger partial charge on any atom is -0.381 e. The highest BCUT2D eigenvalue weighted by Gasteiger charge is 2.41. The first kappa shape index (κ1) is 13.7. The van der Waals surface area contributed by atoms with Crippen LogP contribution in [0, 0.1) is 5.92 Å². The quantitative estimate of drug-likeness (QED) is 0.717. The molecule has 0 aromatic carbocycles. The molecule has 0 aromatic heterocycles. The summed E-state index contributed by atoms with van der Waals surface area (Å²) in [5.74, 6) is -4.05. The first-order valence-corrected chi connectivity index (χ1v) is 5.00. The molecular formula is C9H15F4NO2. The molecule has 1 rings (SSSR count). The predicted octanol–water partition coefficient (Wildman–Crippen LogP) is 1.27. The normalized spacial score (nSPS) is 24.0. The van der Waals surface area contributed by atoms with E-state index in [4.69, 9.17) is 10.5 Å². The molecule has 3 nitrogen and oxygen atoms in total. The van der Waals surface area contributed by atoms with E-state index < -0.39 is 25.0 Å². The maximum absolute atomic E-state index is 12.4. The van der Waals surface area contributed by atoms with E-state index in [1.807, 2.05) is 0 Å². The number of rotatable bonds is 6. The Morgan fingerprint density at radius 1 is 1.44 bits per heavy atom. The van der Waals surface area contributed by atoms with Gasteiger partial charge in [0.05, 0.1) is 13.2 Å². The molecule has 0 radical (unpaired) electrons. The van der Waals surface area contributed by atoms with E-state index in [0.29, 0.717) is 13.2 Å². The Morgan fingerprint density at radius 3 is 2.62 bits per heavy atom. The lowest BCUT2D eigenvalue weighted by Crippen LogP contribution is -2.38. The lowest BCUT2D eigenvalue weighted by Gasteiger charge is -2.20. The Kier molecular flexibility index (Phi) is 4.94. The summed E-state index contributed by atoms with van der Waals surface area (Å²) in [6, 6.07) is -0.448. The summed E-state index contributed by atoms with van der Waals surface area (Å²) in [6.07, 6.45) is -2.96. The summed E-state index contributed by atoms with van der Waals surface area (Å²) >= 11 is 0. The minimum absolute atomic E-state index is 0.0557. The molecule has 2 unspecified atom stereocenters. The maximum atomic E-state index is 12.4. The highest BCUT2D eigenvalue weighted by Crippen LogP contribution is 2.23. The first-order chi connectivity index (χ1) is 7.43. The van der Waals surface area contributed by atoms with E-state index >= 15 is 0 Å². The molecule has 7 heteroatoms. The number of hydrogen-bond donors (Lipinski definition) is 1. The summed E-state index contributed by atoms with van der Waals surface area (Å²) in [6.45, 7) is -0.399. The Hall–Kier alpha value is -0.400. The Labute approximate surface area is 90.9 Å². The molecule has 2 atom stereocenters. The lowest BCUT2D eigenvalue weighted by molar-refractivity contribution is -0.167. The summed E-state index contributed by atoms with van der Waals surface area (Å²) in [5.41, 5.74) is 5.65. The zero-order chi connectivity index (χ0) is 12.2. The van der Waals surface area contributed by atoms with Crippen molar-refractivity contribution in [3.8, 4) is 0 Å². The Morgan fingerprint density at radius 2 is 2.12 bits per heavy atom. The van der Waals surface area contributed by atoms with Crippen LogP contribution in [0.15, 0.2) is 0 Å². The molecule has 1 saturated heterocycles. The second kappa shape index (κ2) is 5.79. The van der Waals surface area contributed by atoms with Crippen LogP contribution < -0.4 is 5.73 Å². The van der Waals surface area contributed by atoms with Crippen molar-refractivity contribution in [2.75, 3.05) is 26.4 Å². The van der Waals surface area contributed by atoms with Gasteiger partial charge in [0.15, 0.2) is 0 Å². The minimum atomic E-state index is -4.11. The highest BCUT2D eigenvalue weighted by atomic mass is 19.3. The molecular weight excluding hydrogens is 230 g/mol. The van der Waals surface area contributed by atoms with E-state index in [9.17, 15) is 17.6 Å². The fraction of sp³-hybridized carbons (Fsp3) is 1.00. The van der Waals surface area contributed by atoms with Crippen LogP contribution in [0.5, 0.6) is 0 Å². The topological polar surface area (TPSA) is 44.5 Å². The molecule has 0 spiro atoms. The van der Waals surface area contributed by atoms with E-state index in [1.54, 1.807) is 0 Å². The van der Waals surface area contributed by atoms with Gasteiger partial charge in [-0.05, 0) is 6.42 Å². The Bertz CT molecular complexity index is 210. The molecule has 1 heterocycles. The molecule has 16 heavy (non-hydrogen) atoms. The summed E-state index contributed by atoms with van der Waals surface area (Å²) in [5, 5.41) is 0. The lowest BCUT2D eigenvalue weighted by atomic mass is 10.0. The van der Waals surface area contributed by atoms with Gasteiger partial charge in [0, 0.05) is 18.6 Å². The van der Waals surface area contributed by atoms with Crippen LogP contribution >= 0.6 is 0 Å². The van der Waals surface area contributed by atoms with Crippen molar-refractivity contribution in [1.82, 2.24) is 0 Å². The smallest absolute Gasteiger partial charge is 0.330 e. The average molecular weight is 245 g/mol. The SMILES string of the molecule is NC(COCC(F)(F)C(F)F)C1CCOC1. The standard InChI is InChI=1S/C9H15F4NO2/c10-8(11)9(12,13)5-16-4-7(14)6-1-2-15-3-6/h6-8H,1-5,14H2. The van der Waals surface area contributed by atoms with Gasteiger partial charge in [-0.15, -0.1) is 0 Å². The molecule has 0 aromatic rings. The van der Waals surface area contributed by atoms with Crippen molar-refractivity contribution in [3.05, 3.63) is 0 Å². The van der Waals surface area contributed by atoms with Crippen LogP contribution in [0.1, 0.15) is 6.42 Å². The van der Waals surface area contributed by atoms with Gasteiger partial charge >= 0.3 is 12.3 Å². The summed E-state index contributed by atoms with van der Waals surface area (Å²) in [4.78, 5) is 0. The van der Waals surface area contributed by atoms with Crippen LogP contribution in [0.3, 0.4) is 0 Å². The van der Waals surface area contributed by atoms with E-state index in [1.165, 1.54) is 0 Å². The number of ether oxygens (including phenoxy) is 2. The van der Waals surface area contributed by atoms with Crippen molar-refractivity contribution in [1.29, 1.82) is 0 Å². The van der Waals surface area contributed by atoms with Crippen molar-refractivity contribution >= 4 is 0 Å². The Balaban J connectivity index is 2.19. The zero-order valence-corrected chi connectivity index (χ0v) is 8.67. The fourth-order valence-electron chi connectivity index (χ4n) is 1.42. The molecule has 96 valence electrons. The van der Waals surface area contributed by atoms with Crippen LogP contribution in [0.2, 0.25) is 0 Å². The van der Waals surface area contributed by atoms with Gasteiger partial charge in [0.2, 0.25) is 0 Å². The average Bonchev–Trinajstić information content (AvgIpc) is 2.69. The van der Waals surface area contributed by atoms with Crippen molar-refractivity contribution in [2.45, 2.75) is 24.8 Å². The molecule has 0 amide bonds. The second-order valence-electron chi connectivity index (χ2n) is 3.86. The highest BCUT2D eigenvalue weighted by molar-refractivity contribution is 4.76. The largest absolute Gasteiger partial charge is 0.381 e. The molecule has 2 N–H and O–H groups in total. The summed E-state index contributed by atoms with van der Waals surface area (Å²) < 4.78 is 58.0. The zero-order valence-electron chi connectivity index (χ0n) is 8.67. The monoisotopic (exact) mass is 245 g/mol. The third kappa shape index (κ3) is 3.88. The predicted molar refractivity (Wildman–Crippen MR) is 48.7 cm³/mol. The van der Waals surface area contributed by atoms with E-state index in [0.717, 1.165) is 6.42 Å². The maximum Gasteiger partial charge on any atom is 0.330 e. The number of alkyl halides is 4. The van der Waals surface area contributed by atoms with Crippen LogP contribution in [-0.2, 0) is 9.47 Å². The fourth-order valence-corrected chi connectivity index (χ4v) is 1.42. The van der Waals surface area contributed by atoms with Crippen LogP contribution in [0.25, 0.3) is 0 Å². The molecule has 0 aliphatic carbocycles. The van der Waals surface area contributed by atoms with Gasteiger partial charge in [-0.2, -0.15) is 8.78 Å². The van der Waals surface area contributed by atoms with Gasteiger partial charge in [-0.1, -0.05) is 0 Å². The molecule has 0 saturated carbocycles. The van der Waals surface area contributed by atoms with Crippen LogP contribution in [0.4, 0.5) is 17.6 Å². The van der Waals surface area contributed by atoms with Crippen molar-refractivity contribution < 1.29 is 27.0 Å². The molecule has 1 aliphatic heterocycles. The third-order valence-electron chi connectivity index (χ3n) is 2.49. The number of halogens is 4. The van der Waals surface area contributed by atoms with Crippen LogP contribution in [-0.4, -0.2) is 44.8 Å². The summed E-state index contributed by atoms with van der Waals surface area (Å²) in [7, 11) is 0. The van der Waals surface area contributed by atoms with E-state index in [-0.39, 0.29) is 12.5 Å². The molecule has 1 fully saturated rings. The first-order valence-electron chi connectivity index (χ1n) is 5.00. The van der Waals surface area contributed by atoms with Crippen molar-refractivity contribution in [2.24, 2.45) is 11.7 Å². The third-order valence-corrected chi connectivity index (χ3v) is 2.49. The molecule has 0 bridgehead atoms. The van der Waals surface area contributed by atoms with Gasteiger partial charge in [0.25, 0.3) is 0 Å². The molecule has 1 aliphatic rings. The van der Waals surface area contributed by atoms with E-state index in [2.05, 4.69) is 4.74 Å². The van der Waals surface area contributed by atoms with Crippen molar-refractivity contribution in [3.63, 3.8) is 0 Å². The van der Waals surface area contributed by atoms with Gasteiger partial charge in [-0.25, -0.2) is 8.78 Å². The van der Waals surface area contributed by atoms with Gasteiger partial charge in [0.1, 0.15) is 6.61 Å². The number of hydrogen-bond acceptors (Lipinski definition) is 3.